The summed E-state index contributed by atoms with van der Waals surface area (Å²) in [6.07, 6.45) is 4.30. The Bertz CT molecular complexity index is 1020. The van der Waals surface area contributed by atoms with Gasteiger partial charge in [-0.2, -0.15) is 5.21 Å². The first kappa shape index (κ1) is 21.1. The Morgan fingerprint density at radius 2 is 1.77 bits per heavy atom. The van der Waals surface area contributed by atoms with Gasteiger partial charge in [0.05, 0.1) is 37.4 Å². The first-order chi connectivity index (χ1) is 14.9. The number of hydrogen-bond acceptors (Lipinski definition) is 7. The normalized spacial score (nSPS) is 15.2. The highest BCUT2D eigenvalue weighted by molar-refractivity contribution is 5.80. The van der Waals surface area contributed by atoms with Crippen LogP contribution in [0.25, 0.3) is 22.6 Å². The van der Waals surface area contributed by atoms with E-state index in [1.54, 1.807) is 14.2 Å². The SMILES string of the molecule is COc1ccc(-c2ncc(N3CCC(C(C)(C)C)CC3)cc2-c2nn[nH]n2)cc1OC. The molecule has 0 saturated carbocycles. The molecule has 4 rings (SSSR count). The highest BCUT2D eigenvalue weighted by Gasteiger charge is 2.29. The summed E-state index contributed by atoms with van der Waals surface area (Å²) in [6.45, 7) is 9.04. The Labute approximate surface area is 183 Å². The van der Waals surface area contributed by atoms with Crippen LogP contribution in [0.5, 0.6) is 11.5 Å². The molecule has 0 bridgehead atoms. The summed E-state index contributed by atoms with van der Waals surface area (Å²) in [5, 5.41) is 14.7. The van der Waals surface area contributed by atoms with Crippen LogP contribution < -0.4 is 14.4 Å². The zero-order valence-corrected chi connectivity index (χ0v) is 18.8. The van der Waals surface area contributed by atoms with E-state index in [-0.39, 0.29) is 0 Å². The lowest BCUT2D eigenvalue weighted by molar-refractivity contribution is 0.199. The molecule has 0 atom stereocenters. The summed E-state index contributed by atoms with van der Waals surface area (Å²) in [5.41, 5.74) is 3.93. The smallest absolute Gasteiger partial charge is 0.206 e. The van der Waals surface area contributed by atoms with Gasteiger partial charge in [0.2, 0.25) is 5.82 Å². The van der Waals surface area contributed by atoms with Gasteiger partial charge in [-0.1, -0.05) is 20.8 Å². The summed E-state index contributed by atoms with van der Waals surface area (Å²) in [5.74, 6) is 2.57. The van der Waals surface area contributed by atoms with Gasteiger partial charge in [0.1, 0.15) is 0 Å². The first-order valence-electron chi connectivity index (χ1n) is 10.6. The third-order valence-corrected chi connectivity index (χ3v) is 6.20. The molecule has 1 aliphatic heterocycles. The van der Waals surface area contributed by atoms with Gasteiger partial charge in [-0.3, -0.25) is 4.98 Å². The molecular formula is C23H30N6O2. The molecule has 0 aliphatic carbocycles. The second kappa shape index (κ2) is 8.53. The molecule has 0 spiro atoms. The van der Waals surface area contributed by atoms with Gasteiger partial charge < -0.3 is 14.4 Å². The van der Waals surface area contributed by atoms with Crippen LogP contribution in [-0.2, 0) is 0 Å². The first-order valence-corrected chi connectivity index (χ1v) is 10.6. The fourth-order valence-corrected chi connectivity index (χ4v) is 4.29. The van der Waals surface area contributed by atoms with Crippen molar-refractivity contribution in [1.29, 1.82) is 0 Å². The van der Waals surface area contributed by atoms with Gasteiger partial charge in [-0.05, 0) is 53.7 Å². The van der Waals surface area contributed by atoms with Crippen LogP contribution in [0.15, 0.2) is 30.5 Å². The fourth-order valence-electron chi connectivity index (χ4n) is 4.29. The number of tetrazole rings is 1. The Morgan fingerprint density at radius 1 is 1.03 bits per heavy atom. The maximum Gasteiger partial charge on any atom is 0.206 e. The maximum absolute atomic E-state index is 5.47. The standard InChI is InChI=1S/C23H30N6O2/c1-23(2,3)16-8-10-29(11-9-16)17-13-18(22-25-27-28-26-22)21(24-14-17)15-6-7-19(30-4)20(12-15)31-5/h6-7,12-14,16H,8-11H2,1-5H3,(H,25,26,27,28). The van der Waals surface area contributed by atoms with Gasteiger partial charge in [0.25, 0.3) is 0 Å². The van der Waals surface area contributed by atoms with Crippen molar-refractivity contribution in [2.24, 2.45) is 11.3 Å². The minimum atomic E-state index is 0.345. The minimum absolute atomic E-state index is 0.345. The summed E-state index contributed by atoms with van der Waals surface area (Å²) >= 11 is 0. The zero-order valence-electron chi connectivity index (χ0n) is 18.8. The number of ether oxygens (including phenoxy) is 2. The Morgan fingerprint density at radius 3 is 2.39 bits per heavy atom. The summed E-state index contributed by atoms with van der Waals surface area (Å²) in [6, 6.07) is 7.86. The fraction of sp³-hybridized carbons (Fsp3) is 0.478. The molecule has 31 heavy (non-hydrogen) atoms. The third kappa shape index (κ3) is 4.33. The highest BCUT2D eigenvalue weighted by Crippen LogP contribution is 2.38. The van der Waals surface area contributed by atoms with Crippen LogP contribution >= 0.6 is 0 Å². The van der Waals surface area contributed by atoms with Gasteiger partial charge in [-0.25, -0.2) is 0 Å². The zero-order chi connectivity index (χ0) is 22.0. The number of nitrogens with one attached hydrogen (secondary N) is 1. The molecule has 1 saturated heterocycles. The van der Waals surface area contributed by atoms with E-state index in [2.05, 4.69) is 52.4 Å². The molecule has 1 aromatic carbocycles. The number of anilines is 1. The van der Waals surface area contributed by atoms with Gasteiger partial charge in [0, 0.05) is 18.7 Å². The second-order valence-corrected chi connectivity index (χ2v) is 9.02. The number of benzene rings is 1. The van der Waals surface area contributed by atoms with Crippen molar-refractivity contribution in [1.82, 2.24) is 25.6 Å². The van der Waals surface area contributed by atoms with Crippen molar-refractivity contribution >= 4 is 5.69 Å². The molecule has 3 aromatic rings. The molecule has 8 heteroatoms. The van der Waals surface area contributed by atoms with Crippen molar-refractivity contribution < 1.29 is 9.47 Å². The van der Waals surface area contributed by atoms with Crippen molar-refractivity contribution in [3.63, 3.8) is 0 Å². The average molecular weight is 423 g/mol. The predicted molar refractivity (Wildman–Crippen MR) is 120 cm³/mol. The number of methoxy groups -OCH3 is 2. The number of aromatic nitrogens is 5. The molecule has 1 aliphatic rings. The lowest BCUT2D eigenvalue weighted by Crippen LogP contribution is -2.38. The van der Waals surface area contributed by atoms with Gasteiger partial charge >= 0.3 is 0 Å². The van der Waals surface area contributed by atoms with Gasteiger partial charge in [0.15, 0.2) is 11.5 Å². The number of piperidine rings is 1. The van der Waals surface area contributed by atoms with Crippen LogP contribution in [0, 0.1) is 11.3 Å². The summed E-state index contributed by atoms with van der Waals surface area (Å²) < 4.78 is 10.8. The van der Waals surface area contributed by atoms with Crippen LogP contribution in [0.3, 0.4) is 0 Å². The summed E-state index contributed by atoms with van der Waals surface area (Å²) in [4.78, 5) is 7.22. The Balaban J connectivity index is 1.69. The van der Waals surface area contributed by atoms with E-state index in [0.29, 0.717) is 22.7 Å². The molecule has 0 amide bonds. The number of aromatic amines is 1. The molecule has 0 unspecified atom stereocenters. The second-order valence-electron chi connectivity index (χ2n) is 9.02. The van der Waals surface area contributed by atoms with E-state index in [9.17, 15) is 0 Å². The third-order valence-electron chi connectivity index (χ3n) is 6.20. The van der Waals surface area contributed by atoms with Crippen molar-refractivity contribution in [2.75, 3.05) is 32.2 Å². The van der Waals surface area contributed by atoms with E-state index in [1.807, 2.05) is 24.4 Å². The summed E-state index contributed by atoms with van der Waals surface area (Å²) in [7, 11) is 3.25. The molecular weight excluding hydrogens is 392 g/mol. The van der Waals surface area contributed by atoms with Crippen molar-refractivity contribution in [2.45, 2.75) is 33.6 Å². The molecule has 0 radical (unpaired) electrons. The van der Waals surface area contributed by atoms with Crippen molar-refractivity contribution in [3.05, 3.63) is 30.5 Å². The number of rotatable bonds is 5. The number of nitrogens with zero attached hydrogens (tertiary/aromatic N) is 5. The molecule has 1 fully saturated rings. The minimum Gasteiger partial charge on any atom is -0.493 e. The maximum atomic E-state index is 5.47. The van der Waals surface area contributed by atoms with Crippen LogP contribution in [0.1, 0.15) is 33.6 Å². The van der Waals surface area contributed by atoms with Crippen LogP contribution in [-0.4, -0.2) is 52.9 Å². The number of hydrogen-bond donors (Lipinski definition) is 1. The largest absolute Gasteiger partial charge is 0.493 e. The van der Waals surface area contributed by atoms with Crippen molar-refractivity contribution in [3.8, 4) is 34.1 Å². The molecule has 164 valence electrons. The molecule has 3 heterocycles. The topological polar surface area (TPSA) is 89.1 Å². The van der Waals surface area contributed by atoms with Crippen LogP contribution in [0.2, 0.25) is 0 Å². The average Bonchev–Trinajstić information content (AvgIpc) is 3.32. The Kier molecular flexibility index (Phi) is 5.80. The molecule has 2 aromatic heterocycles. The number of H-pyrrole nitrogens is 1. The predicted octanol–water partition coefficient (Wildman–Crippen LogP) is 4.21. The van der Waals surface area contributed by atoms with Gasteiger partial charge in [-0.15, -0.1) is 10.2 Å². The van der Waals surface area contributed by atoms with E-state index in [0.717, 1.165) is 41.5 Å². The molecule has 1 N–H and O–H groups in total. The Hall–Kier alpha value is -3.16. The lowest BCUT2D eigenvalue weighted by Gasteiger charge is -2.39. The van der Waals surface area contributed by atoms with Crippen LogP contribution in [0.4, 0.5) is 5.69 Å². The molecule has 8 nitrogen and oxygen atoms in total. The van der Waals surface area contributed by atoms with E-state index >= 15 is 0 Å². The highest BCUT2D eigenvalue weighted by atomic mass is 16.5. The monoisotopic (exact) mass is 422 g/mol. The quantitative estimate of drug-likeness (QED) is 0.659. The van der Waals surface area contributed by atoms with E-state index in [1.165, 1.54) is 12.8 Å². The lowest BCUT2D eigenvalue weighted by atomic mass is 9.75. The number of pyridine rings is 1. The van der Waals surface area contributed by atoms with E-state index in [4.69, 9.17) is 14.5 Å². The van der Waals surface area contributed by atoms with E-state index < -0.39 is 0 Å².